The number of rotatable bonds is 4. The fourth-order valence-corrected chi connectivity index (χ4v) is 4.43. The molecule has 0 aliphatic heterocycles. The molecule has 3 heteroatoms. The Kier molecular flexibility index (Phi) is 6.37. The molecule has 1 amide bonds. The second-order valence-corrected chi connectivity index (χ2v) is 7.59. The highest BCUT2D eigenvalue weighted by molar-refractivity contribution is 6.32. The molecule has 1 aromatic rings. The molecule has 2 fully saturated rings. The van der Waals surface area contributed by atoms with E-state index in [4.69, 9.17) is 11.6 Å². The molecule has 3 rings (SSSR count). The average Bonchev–Trinajstić information content (AvgIpc) is 2.63. The van der Waals surface area contributed by atoms with Gasteiger partial charge in [0, 0.05) is 23.2 Å². The highest BCUT2D eigenvalue weighted by Gasteiger charge is 2.31. The van der Waals surface area contributed by atoms with Crippen LogP contribution in [0.4, 0.5) is 0 Å². The van der Waals surface area contributed by atoms with Gasteiger partial charge in [-0.15, -0.1) is 0 Å². The highest BCUT2D eigenvalue weighted by Crippen LogP contribution is 2.30. The number of hydrogen-bond acceptors (Lipinski definition) is 1. The summed E-state index contributed by atoms with van der Waals surface area (Å²) in [4.78, 5) is 15.3. The summed E-state index contributed by atoms with van der Waals surface area (Å²) in [6.07, 6.45) is 16.0. The Morgan fingerprint density at radius 3 is 2.00 bits per heavy atom. The lowest BCUT2D eigenvalue weighted by Gasteiger charge is -2.41. The molecular weight excluding hydrogens is 318 g/mol. The van der Waals surface area contributed by atoms with E-state index in [2.05, 4.69) is 4.90 Å². The van der Waals surface area contributed by atoms with Crippen molar-refractivity contribution in [3.63, 3.8) is 0 Å². The smallest absolute Gasteiger partial charge is 0.247 e. The number of amides is 1. The van der Waals surface area contributed by atoms with Gasteiger partial charge in [-0.25, -0.2) is 0 Å². The number of carbonyl (C=O) groups is 1. The van der Waals surface area contributed by atoms with E-state index in [0.29, 0.717) is 17.1 Å². The van der Waals surface area contributed by atoms with Gasteiger partial charge in [-0.2, -0.15) is 0 Å². The zero-order chi connectivity index (χ0) is 16.8. The summed E-state index contributed by atoms with van der Waals surface area (Å²) in [5, 5.41) is 0.698. The van der Waals surface area contributed by atoms with Gasteiger partial charge in [0.2, 0.25) is 5.91 Å². The topological polar surface area (TPSA) is 20.3 Å². The first-order valence-corrected chi connectivity index (χ1v) is 9.88. The van der Waals surface area contributed by atoms with Gasteiger partial charge < -0.3 is 4.90 Å². The van der Waals surface area contributed by atoms with Crippen molar-refractivity contribution in [3.05, 3.63) is 40.9 Å². The van der Waals surface area contributed by atoms with Crippen LogP contribution in [-0.2, 0) is 4.79 Å². The first-order chi connectivity index (χ1) is 11.8. The molecule has 0 spiro atoms. The van der Waals surface area contributed by atoms with Crippen LogP contribution in [0.2, 0.25) is 5.02 Å². The van der Waals surface area contributed by atoms with Gasteiger partial charge in [0.1, 0.15) is 0 Å². The third kappa shape index (κ3) is 4.42. The Hall–Kier alpha value is -1.28. The average molecular weight is 346 g/mol. The second-order valence-electron chi connectivity index (χ2n) is 7.18. The van der Waals surface area contributed by atoms with Crippen molar-refractivity contribution in [3.8, 4) is 0 Å². The zero-order valence-electron chi connectivity index (χ0n) is 14.4. The predicted octanol–water partition coefficient (Wildman–Crippen LogP) is 5.85. The van der Waals surface area contributed by atoms with Gasteiger partial charge >= 0.3 is 0 Å². The fourth-order valence-electron chi connectivity index (χ4n) is 4.23. The number of nitrogens with zero attached hydrogens (tertiary/aromatic N) is 1. The minimum Gasteiger partial charge on any atom is -0.333 e. The number of benzene rings is 1. The summed E-state index contributed by atoms with van der Waals surface area (Å²) in [5.41, 5.74) is 0.916. The van der Waals surface area contributed by atoms with Gasteiger partial charge in [-0.05, 0) is 43.4 Å². The molecule has 130 valence electrons. The summed E-state index contributed by atoms with van der Waals surface area (Å²) < 4.78 is 0. The second kappa shape index (κ2) is 8.71. The van der Waals surface area contributed by atoms with Crippen LogP contribution in [0.25, 0.3) is 6.08 Å². The first-order valence-electron chi connectivity index (χ1n) is 9.50. The summed E-state index contributed by atoms with van der Waals surface area (Å²) in [7, 11) is 0. The van der Waals surface area contributed by atoms with Crippen LogP contribution >= 0.6 is 11.6 Å². The van der Waals surface area contributed by atoms with Crippen LogP contribution in [0, 0.1) is 0 Å². The monoisotopic (exact) mass is 345 g/mol. The van der Waals surface area contributed by atoms with Gasteiger partial charge in [0.25, 0.3) is 0 Å². The lowest BCUT2D eigenvalue weighted by atomic mass is 9.88. The highest BCUT2D eigenvalue weighted by atomic mass is 35.5. The summed E-state index contributed by atoms with van der Waals surface area (Å²) in [5.74, 6) is 0.175. The Balaban J connectivity index is 1.75. The number of halogens is 1. The van der Waals surface area contributed by atoms with Gasteiger partial charge in [0.15, 0.2) is 0 Å². The SMILES string of the molecule is O=C(/C=C/c1ccccc1Cl)N(C1CCCCC1)C1CCCCC1. The molecule has 0 atom stereocenters. The van der Waals surface area contributed by atoms with E-state index in [1.54, 1.807) is 6.08 Å². The van der Waals surface area contributed by atoms with E-state index >= 15 is 0 Å². The number of hydrogen-bond donors (Lipinski definition) is 0. The maximum absolute atomic E-state index is 13.0. The molecule has 0 radical (unpaired) electrons. The molecule has 0 heterocycles. The molecule has 1 aromatic carbocycles. The fraction of sp³-hybridized carbons (Fsp3) is 0.571. The molecule has 0 unspecified atom stereocenters. The van der Waals surface area contributed by atoms with Crippen molar-refractivity contribution < 1.29 is 4.79 Å². The molecule has 0 saturated heterocycles. The van der Waals surface area contributed by atoms with E-state index < -0.39 is 0 Å². The van der Waals surface area contributed by atoms with Gasteiger partial charge in [0.05, 0.1) is 0 Å². The zero-order valence-corrected chi connectivity index (χ0v) is 15.2. The van der Waals surface area contributed by atoms with Crippen LogP contribution in [0.15, 0.2) is 30.3 Å². The summed E-state index contributed by atoms with van der Waals surface area (Å²) >= 11 is 6.21. The third-order valence-corrected chi connectivity index (χ3v) is 5.85. The molecule has 0 bridgehead atoms. The van der Waals surface area contributed by atoms with E-state index in [-0.39, 0.29) is 5.91 Å². The molecule has 2 nitrogen and oxygen atoms in total. The maximum atomic E-state index is 13.0. The van der Waals surface area contributed by atoms with Crippen molar-refractivity contribution in [2.24, 2.45) is 0 Å². The van der Waals surface area contributed by atoms with Crippen molar-refractivity contribution in [1.29, 1.82) is 0 Å². The van der Waals surface area contributed by atoms with Crippen molar-refractivity contribution in [1.82, 2.24) is 4.90 Å². The van der Waals surface area contributed by atoms with Crippen LogP contribution in [0.5, 0.6) is 0 Å². The summed E-state index contributed by atoms with van der Waals surface area (Å²) in [6, 6.07) is 8.56. The minimum absolute atomic E-state index is 0.175. The predicted molar refractivity (Wildman–Crippen MR) is 101 cm³/mol. The third-order valence-electron chi connectivity index (χ3n) is 5.50. The Morgan fingerprint density at radius 2 is 1.46 bits per heavy atom. The van der Waals surface area contributed by atoms with Crippen LogP contribution in [0.1, 0.15) is 69.8 Å². The normalized spacial score (nSPS) is 20.4. The first kappa shape index (κ1) is 17.5. The molecule has 0 N–H and O–H groups in total. The van der Waals surface area contributed by atoms with Crippen molar-refractivity contribution in [2.75, 3.05) is 0 Å². The minimum atomic E-state index is 0.175. The Labute approximate surface area is 150 Å². The molecule has 2 saturated carbocycles. The van der Waals surface area contributed by atoms with Crippen molar-refractivity contribution in [2.45, 2.75) is 76.3 Å². The largest absolute Gasteiger partial charge is 0.333 e. The van der Waals surface area contributed by atoms with E-state index in [1.807, 2.05) is 30.3 Å². The van der Waals surface area contributed by atoms with Crippen LogP contribution < -0.4 is 0 Å². The lowest BCUT2D eigenvalue weighted by molar-refractivity contribution is -0.132. The van der Waals surface area contributed by atoms with E-state index in [0.717, 1.165) is 5.56 Å². The molecule has 0 aromatic heterocycles. The maximum Gasteiger partial charge on any atom is 0.247 e. The van der Waals surface area contributed by atoms with Crippen LogP contribution in [0.3, 0.4) is 0 Å². The molecule has 2 aliphatic rings. The van der Waals surface area contributed by atoms with Crippen LogP contribution in [-0.4, -0.2) is 22.9 Å². The Bertz CT molecular complexity index is 553. The van der Waals surface area contributed by atoms with Crippen molar-refractivity contribution >= 4 is 23.6 Å². The molecular formula is C21H28ClNO. The Morgan fingerprint density at radius 1 is 0.917 bits per heavy atom. The van der Waals surface area contributed by atoms with Gasteiger partial charge in [-0.3, -0.25) is 4.79 Å². The van der Waals surface area contributed by atoms with E-state index in [9.17, 15) is 4.79 Å². The summed E-state index contributed by atoms with van der Waals surface area (Å²) in [6.45, 7) is 0. The van der Waals surface area contributed by atoms with Gasteiger partial charge in [-0.1, -0.05) is 68.3 Å². The van der Waals surface area contributed by atoms with E-state index in [1.165, 1.54) is 64.2 Å². The standard InChI is InChI=1S/C21H28ClNO/c22-20-14-8-7-9-17(20)15-16-21(24)23(18-10-3-1-4-11-18)19-12-5-2-6-13-19/h7-9,14-16,18-19H,1-6,10-13H2/b16-15+. The molecule has 24 heavy (non-hydrogen) atoms. The molecule has 2 aliphatic carbocycles. The number of carbonyl (C=O) groups excluding carboxylic acids is 1. The lowest BCUT2D eigenvalue weighted by Crippen LogP contribution is -2.48. The quantitative estimate of drug-likeness (QED) is 0.627.